The molecule has 4 N–H and O–H groups in total. The minimum atomic E-state index is -0.638. The summed E-state index contributed by atoms with van der Waals surface area (Å²) in [4.78, 5) is 27.1. The summed E-state index contributed by atoms with van der Waals surface area (Å²) in [5.41, 5.74) is 7.80. The molecule has 2 amide bonds. The maximum absolute atomic E-state index is 12.8. The molecule has 0 saturated carbocycles. The van der Waals surface area contributed by atoms with Gasteiger partial charge in [0.1, 0.15) is 11.8 Å². The minimum Gasteiger partial charge on any atom is -0.508 e. The van der Waals surface area contributed by atoms with Gasteiger partial charge in [-0.3, -0.25) is 9.59 Å². The first-order valence-electron chi connectivity index (χ1n) is 9.81. The Morgan fingerprint density at radius 1 is 1.23 bits per heavy atom. The lowest BCUT2D eigenvalue weighted by Gasteiger charge is -2.26. The van der Waals surface area contributed by atoms with Crippen molar-refractivity contribution in [2.24, 2.45) is 5.73 Å². The second-order valence-corrected chi connectivity index (χ2v) is 7.75. The fraction of sp³-hybridized carbons (Fsp3) is 0.364. The number of nitrogens with two attached hydrogens (primary N) is 1. The molecule has 0 radical (unpaired) electrons. The Morgan fingerprint density at radius 2 is 1.97 bits per heavy atom. The van der Waals surface area contributed by atoms with Crippen LogP contribution in [0.25, 0.3) is 0 Å². The van der Waals surface area contributed by atoms with Crippen molar-refractivity contribution in [3.05, 3.63) is 64.7 Å². The molecule has 1 heterocycles. The molecule has 0 spiro atoms. The van der Waals surface area contributed by atoms with Crippen LogP contribution in [0.15, 0.2) is 48.5 Å². The smallest absolute Gasteiger partial charge is 0.243 e. The van der Waals surface area contributed by atoms with Crippen LogP contribution in [0.1, 0.15) is 30.4 Å². The molecule has 2 aromatic rings. The molecule has 0 bridgehead atoms. The summed E-state index contributed by atoms with van der Waals surface area (Å²) in [6.07, 6.45) is 2.61. The van der Waals surface area contributed by atoms with Gasteiger partial charge in [0.2, 0.25) is 11.8 Å². The lowest BCUT2D eigenvalue weighted by molar-refractivity contribution is -0.139. The number of aromatic hydroxyl groups is 1. The molecular weight excluding hydrogens is 425 g/mol. The topological polar surface area (TPSA) is 95.7 Å². The van der Waals surface area contributed by atoms with Gasteiger partial charge < -0.3 is 21.1 Å². The van der Waals surface area contributed by atoms with E-state index in [9.17, 15) is 14.7 Å². The number of carbonyl (C=O) groups is 2. The molecule has 1 saturated heterocycles. The minimum absolute atomic E-state index is 0. The summed E-state index contributed by atoms with van der Waals surface area (Å²) in [5, 5.41) is 13.2. The van der Waals surface area contributed by atoms with E-state index in [1.165, 1.54) is 6.07 Å². The number of rotatable bonds is 7. The predicted octanol–water partition coefficient (Wildman–Crippen LogP) is 3.03. The number of aryl methyl sites for hydroxylation is 1. The number of halogens is 2. The van der Waals surface area contributed by atoms with E-state index in [2.05, 4.69) is 5.32 Å². The summed E-state index contributed by atoms with van der Waals surface area (Å²) in [6.45, 7) is 0.669. The molecule has 2 atom stereocenters. The number of carbonyl (C=O) groups excluding carboxylic acids is 2. The molecule has 1 fully saturated rings. The van der Waals surface area contributed by atoms with Gasteiger partial charge in [-0.15, -0.1) is 12.4 Å². The maximum Gasteiger partial charge on any atom is 0.243 e. The van der Waals surface area contributed by atoms with Crippen LogP contribution in [0.4, 0.5) is 0 Å². The van der Waals surface area contributed by atoms with Gasteiger partial charge >= 0.3 is 0 Å². The van der Waals surface area contributed by atoms with Crippen molar-refractivity contribution in [2.75, 3.05) is 6.54 Å². The third-order valence-corrected chi connectivity index (χ3v) is 5.47. The van der Waals surface area contributed by atoms with E-state index in [0.717, 1.165) is 12.0 Å². The zero-order valence-electron chi connectivity index (χ0n) is 16.6. The van der Waals surface area contributed by atoms with Crippen molar-refractivity contribution in [3.63, 3.8) is 0 Å². The Labute approximate surface area is 187 Å². The molecule has 0 aliphatic carbocycles. The van der Waals surface area contributed by atoms with Crippen LogP contribution in [0.2, 0.25) is 5.02 Å². The molecule has 30 heavy (non-hydrogen) atoms. The average molecular weight is 452 g/mol. The van der Waals surface area contributed by atoms with Crippen molar-refractivity contribution < 1.29 is 14.7 Å². The van der Waals surface area contributed by atoms with Crippen LogP contribution in [0.5, 0.6) is 5.75 Å². The van der Waals surface area contributed by atoms with E-state index in [1.807, 2.05) is 30.3 Å². The highest BCUT2D eigenvalue weighted by Crippen LogP contribution is 2.22. The second kappa shape index (κ2) is 11.2. The summed E-state index contributed by atoms with van der Waals surface area (Å²) < 4.78 is 0. The van der Waals surface area contributed by atoms with Gasteiger partial charge in [0.25, 0.3) is 0 Å². The van der Waals surface area contributed by atoms with Crippen LogP contribution in [-0.2, 0) is 22.6 Å². The van der Waals surface area contributed by atoms with E-state index in [1.54, 1.807) is 17.0 Å². The molecule has 3 rings (SSSR count). The van der Waals surface area contributed by atoms with Gasteiger partial charge in [-0.05, 0) is 49.4 Å². The number of benzene rings is 2. The van der Waals surface area contributed by atoms with E-state index in [0.29, 0.717) is 36.4 Å². The number of hydrogen-bond donors (Lipinski definition) is 3. The molecular formula is C22H27Cl2N3O3. The Hall–Kier alpha value is -2.28. The van der Waals surface area contributed by atoms with Gasteiger partial charge in [0.15, 0.2) is 0 Å². The quantitative estimate of drug-likeness (QED) is 0.602. The van der Waals surface area contributed by atoms with Crippen LogP contribution >= 0.6 is 24.0 Å². The van der Waals surface area contributed by atoms with Crippen molar-refractivity contribution in [1.82, 2.24) is 10.2 Å². The van der Waals surface area contributed by atoms with Crippen molar-refractivity contribution in [2.45, 2.75) is 44.3 Å². The summed E-state index contributed by atoms with van der Waals surface area (Å²) in [5.74, 6) is -0.369. The van der Waals surface area contributed by atoms with Gasteiger partial charge in [0.05, 0.1) is 6.04 Å². The molecule has 0 aromatic heterocycles. The summed E-state index contributed by atoms with van der Waals surface area (Å²) in [6, 6.07) is 13.4. The standard InChI is InChI=1S/C22H26ClN3O3.ClH/c23-17-9-11-20(27)16(13-17)14-25-21(28)19-7-4-12-26(19)22(29)18(24)10-8-15-5-2-1-3-6-15;/h1-3,5-6,9,11,13,18-19,27H,4,7-8,10,12,14,24H2,(H,25,28);1H/t18-,19+;/m1./s1. The van der Waals surface area contributed by atoms with Crippen molar-refractivity contribution >= 4 is 35.8 Å². The number of amides is 2. The lowest BCUT2D eigenvalue weighted by Crippen LogP contribution is -2.51. The molecule has 6 nitrogen and oxygen atoms in total. The predicted molar refractivity (Wildman–Crippen MR) is 120 cm³/mol. The van der Waals surface area contributed by atoms with E-state index in [4.69, 9.17) is 17.3 Å². The van der Waals surface area contributed by atoms with Crippen LogP contribution in [0.3, 0.4) is 0 Å². The molecule has 8 heteroatoms. The van der Waals surface area contributed by atoms with Gasteiger partial charge in [-0.25, -0.2) is 0 Å². The Morgan fingerprint density at radius 3 is 2.70 bits per heavy atom. The lowest BCUT2D eigenvalue weighted by atomic mass is 10.0. The highest BCUT2D eigenvalue weighted by Gasteiger charge is 2.35. The molecule has 0 unspecified atom stereocenters. The Balaban J connectivity index is 0.00000320. The second-order valence-electron chi connectivity index (χ2n) is 7.31. The summed E-state index contributed by atoms with van der Waals surface area (Å²) in [7, 11) is 0. The maximum atomic E-state index is 12.8. The number of nitrogens with one attached hydrogen (secondary N) is 1. The van der Waals surface area contributed by atoms with Crippen LogP contribution in [0, 0.1) is 0 Å². The van der Waals surface area contributed by atoms with E-state index in [-0.39, 0.29) is 36.5 Å². The third kappa shape index (κ3) is 6.11. The number of nitrogens with zero attached hydrogens (tertiary/aromatic N) is 1. The molecule has 1 aliphatic rings. The number of likely N-dealkylation sites (tertiary alicyclic amines) is 1. The fourth-order valence-electron chi connectivity index (χ4n) is 3.60. The number of phenols is 1. The van der Waals surface area contributed by atoms with Gasteiger partial charge in [-0.1, -0.05) is 41.9 Å². The fourth-order valence-corrected chi connectivity index (χ4v) is 3.80. The molecule has 2 aromatic carbocycles. The first kappa shape index (κ1) is 24.0. The molecule has 162 valence electrons. The largest absolute Gasteiger partial charge is 0.508 e. The zero-order valence-corrected chi connectivity index (χ0v) is 18.2. The summed E-state index contributed by atoms with van der Waals surface area (Å²) >= 11 is 5.94. The monoisotopic (exact) mass is 451 g/mol. The number of hydrogen-bond acceptors (Lipinski definition) is 4. The Kier molecular flexibility index (Phi) is 8.96. The van der Waals surface area contributed by atoms with E-state index < -0.39 is 12.1 Å². The Bertz CT molecular complexity index is 864. The van der Waals surface area contributed by atoms with E-state index >= 15 is 0 Å². The first-order valence-corrected chi connectivity index (χ1v) is 10.2. The molecule has 1 aliphatic heterocycles. The third-order valence-electron chi connectivity index (χ3n) is 5.24. The van der Waals surface area contributed by atoms with Crippen LogP contribution in [-0.4, -0.2) is 40.4 Å². The van der Waals surface area contributed by atoms with Crippen LogP contribution < -0.4 is 11.1 Å². The normalized spacial score (nSPS) is 16.6. The SMILES string of the molecule is Cl.N[C@H](CCc1ccccc1)C(=O)N1CCC[C@H]1C(=O)NCc1cc(Cl)ccc1O. The van der Waals surface area contributed by atoms with Crippen molar-refractivity contribution in [3.8, 4) is 5.75 Å². The van der Waals surface area contributed by atoms with Crippen molar-refractivity contribution in [1.29, 1.82) is 0 Å². The highest BCUT2D eigenvalue weighted by molar-refractivity contribution is 6.30. The van der Waals surface area contributed by atoms with Gasteiger partial charge in [-0.2, -0.15) is 0 Å². The average Bonchev–Trinajstić information content (AvgIpc) is 3.22. The number of phenolic OH excluding ortho intramolecular Hbond substituents is 1. The highest BCUT2D eigenvalue weighted by atomic mass is 35.5. The van der Waals surface area contributed by atoms with Gasteiger partial charge in [0, 0.05) is 23.7 Å². The zero-order chi connectivity index (χ0) is 20.8. The first-order chi connectivity index (χ1) is 14.0.